The van der Waals surface area contributed by atoms with Gasteiger partial charge in [-0.3, -0.25) is 0 Å². The summed E-state index contributed by atoms with van der Waals surface area (Å²) in [5.41, 5.74) is 3.31. The molecule has 0 radical (unpaired) electrons. The number of alkyl halides is 3. The average molecular weight is 395 g/mol. The number of rotatable bonds is 4. The fraction of sp³-hybridized carbons (Fsp3) is 0.217. The minimum Gasteiger partial charge on any atom is -0.236 e. The number of hydrogen-bond acceptors (Lipinski definition) is 2. The monoisotopic (exact) mass is 395 g/mol. The lowest BCUT2D eigenvalue weighted by Gasteiger charge is -2.25. The van der Waals surface area contributed by atoms with Gasteiger partial charge in [0.05, 0.1) is 17.5 Å². The van der Waals surface area contributed by atoms with Crippen LogP contribution in [-0.4, -0.2) is 14.6 Å². The Hall–Kier alpha value is -3.15. The zero-order valence-electron chi connectivity index (χ0n) is 16.1. The van der Waals surface area contributed by atoms with E-state index >= 15 is 0 Å². The van der Waals surface area contributed by atoms with E-state index in [-0.39, 0.29) is 5.41 Å². The molecule has 0 amide bonds. The van der Waals surface area contributed by atoms with E-state index in [1.165, 1.54) is 17.7 Å². The number of nitrogens with zero attached hydrogens (tertiary/aromatic N) is 3. The first-order valence-electron chi connectivity index (χ1n) is 9.30. The molecule has 4 aromatic rings. The number of fused-ring (bicyclic) bond motifs is 1. The van der Waals surface area contributed by atoms with E-state index < -0.39 is 11.7 Å². The van der Waals surface area contributed by atoms with Crippen LogP contribution in [0.2, 0.25) is 0 Å². The summed E-state index contributed by atoms with van der Waals surface area (Å²) in [6, 6.07) is 17.3. The normalized spacial score (nSPS) is 12.4. The Morgan fingerprint density at radius 2 is 1.59 bits per heavy atom. The fourth-order valence-electron chi connectivity index (χ4n) is 3.64. The van der Waals surface area contributed by atoms with E-state index in [9.17, 15) is 13.2 Å². The molecule has 0 unspecified atom stereocenters. The summed E-state index contributed by atoms with van der Waals surface area (Å²) < 4.78 is 40.3. The van der Waals surface area contributed by atoms with Gasteiger partial charge in [0.1, 0.15) is 0 Å². The third-order valence-electron chi connectivity index (χ3n) is 5.11. The molecular weight excluding hydrogens is 375 g/mol. The topological polar surface area (TPSA) is 30.2 Å². The molecule has 4 rings (SSSR count). The van der Waals surface area contributed by atoms with Crippen molar-refractivity contribution in [1.82, 2.24) is 14.6 Å². The second kappa shape index (κ2) is 7.03. The summed E-state index contributed by atoms with van der Waals surface area (Å²) in [5.74, 6) is 0. The van der Waals surface area contributed by atoms with Crippen LogP contribution in [0.25, 0.3) is 16.8 Å². The Kier molecular flexibility index (Phi) is 4.65. The third kappa shape index (κ3) is 3.75. The van der Waals surface area contributed by atoms with Crippen molar-refractivity contribution in [1.29, 1.82) is 0 Å². The summed E-state index contributed by atoms with van der Waals surface area (Å²) in [6.07, 6.45) is -0.144. The summed E-state index contributed by atoms with van der Waals surface area (Å²) in [7, 11) is 0. The van der Waals surface area contributed by atoms with Crippen molar-refractivity contribution in [3.05, 3.63) is 89.9 Å². The van der Waals surface area contributed by atoms with Gasteiger partial charge in [-0.1, -0.05) is 56.3 Å². The number of halogens is 3. The van der Waals surface area contributed by atoms with Crippen molar-refractivity contribution in [3.8, 4) is 11.1 Å². The molecule has 0 saturated heterocycles. The van der Waals surface area contributed by atoms with Gasteiger partial charge in [0, 0.05) is 17.2 Å². The highest BCUT2D eigenvalue weighted by atomic mass is 19.4. The van der Waals surface area contributed by atoms with Gasteiger partial charge in [-0.15, -0.1) is 0 Å². The lowest BCUT2D eigenvalue weighted by Crippen LogP contribution is -2.24. The molecule has 0 atom stereocenters. The van der Waals surface area contributed by atoms with E-state index in [0.29, 0.717) is 16.8 Å². The van der Waals surface area contributed by atoms with Crippen molar-refractivity contribution in [3.63, 3.8) is 0 Å². The quantitative estimate of drug-likeness (QED) is 0.428. The van der Waals surface area contributed by atoms with E-state index in [2.05, 4.69) is 36.1 Å². The van der Waals surface area contributed by atoms with Crippen LogP contribution in [-0.2, 0) is 18.0 Å². The molecule has 0 bridgehead atoms. The maximum atomic E-state index is 12.8. The maximum absolute atomic E-state index is 12.8. The standard InChI is InChI=1S/C23H20F3N3/c1-22(2,14-16-6-4-3-5-7-16)20-12-13-27-21-19(15-28-29(20)21)17-8-10-18(11-9-17)23(24,25)26/h3-13,15H,14H2,1-2H3. The first-order chi connectivity index (χ1) is 13.8. The molecule has 0 saturated carbocycles. The van der Waals surface area contributed by atoms with Gasteiger partial charge < -0.3 is 0 Å². The van der Waals surface area contributed by atoms with E-state index in [1.54, 1.807) is 16.9 Å². The van der Waals surface area contributed by atoms with Crippen molar-refractivity contribution < 1.29 is 13.2 Å². The number of aromatic nitrogens is 3. The van der Waals surface area contributed by atoms with Crippen LogP contribution in [0.15, 0.2) is 73.1 Å². The minimum absolute atomic E-state index is 0.216. The molecule has 0 aliphatic rings. The second-order valence-electron chi connectivity index (χ2n) is 7.75. The molecular formula is C23H20F3N3. The molecule has 6 heteroatoms. The van der Waals surface area contributed by atoms with Crippen molar-refractivity contribution in [2.45, 2.75) is 31.9 Å². The molecule has 0 aliphatic carbocycles. The Morgan fingerprint density at radius 3 is 2.24 bits per heavy atom. The van der Waals surface area contributed by atoms with Crippen LogP contribution < -0.4 is 0 Å². The van der Waals surface area contributed by atoms with Gasteiger partial charge in [-0.25, -0.2) is 9.50 Å². The number of benzene rings is 2. The van der Waals surface area contributed by atoms with Crippen LogP contribution in [0, 0.1) is 0 Å². The minimum atomic E-state index is -4.35. The first kappa shape index (κ1) is 19.2. The SMILES string of the molecule is CC(C)(Cc1ccccc1)c1ccnc2c(-c3ccc(C(F)(F)F)cc3)cnn12. The summed E-state index contributed by atoms with van der Waals surface area (Å²) in [5, 5.41) is 4.51. The van der Waals surface area contributed by atoms with Gasteiger partial charge >= 0.3 is 6.18 Å². The smallest absolute Gasteiger partial charge is 0.236 e. The molecule has 3 nitrogen and oxygen atoms in total. The van der Waals surface area contributed by atoms with Crippen LogP contribution in [0.1, 0.15) is 30.7 Å². The van der Waals surface area contributed by atoms with Crippen molar-refractivity contribution in [2.75, 3.05) is 0 Å². The molecule has 0 spiro atoms. The highest BCUT2D eigenvalue weighted by Gasteiger charge is 2.30. The lowest BCUT2D eigenvalue weighted by molar-refractivity contribution is -0.137. The molecule has 0 aliphatic heterocycles. The molecule has 0 N–H and O–H groups in total. The van der Waals surface area contributed by atoms with E-state index in [0.717, 1.165) is 24.2 Å². The lowest BCUT2D eigenvalue weighted by atomic mass is 9.82. The summed E-state index contributed by atoms with van der Waals surface area (Å²) in [4.78, 5) is 4.45. The predicted octanol–water partition coefficient (Wildman–Crippen LogP) is 5.94. The fourth-order valence-corrected chi connectivity index (χ4v) is 3.64. The van der Waals surface area contributed by atoms with Gasteiger partial charge in [0.2, 0.25) is 0 Å². The second-order valence-corrected chi connectivity index (χ2v) is 7.75. The Balaban J connectivity index is 1.73. The van der Waals surface area contributed by atoms with Gasteiger partial charge in [-0.2, -0.15) is 18.3 Å². The Labute approximate surface area is 166 Å². The van der Waals surface area contributed by atoms with Crippen LogP contribution in [0.4, 0.5) is 13.2 Å². The zero-order chi connectivity index (χ0) is 20.6. The predicted molar refractivity (Wildman–Crippen MR) is 107 cm³/mol. The maximum Gasteiger partial charge on any atom is 0.416 e. The number of hydrogen-bond donors (Lipinski definition) is 0. The highest BCUT2D eigenvalue weighted by molar-refractivity contribution is 5.77. The van der Waals surface area contributed by atoms with Crippen LogP contribution in [0.3, 0.4) is 0 Å². The Morgan fingerprint density at radius 1 is 0.897 bits per heavy atom. The van der Waals surface area contributed by atoms with E-state index in [1.807, 2.05) is 24.3 Å². The van der Waals surface area contributed by atoms with Crippen molar-refractivity contribution >= 4 is 5.65 Å². The highest BCUT2D eigenvalue weighted by Crippen LogP contribution is 2.33. The first-order valence-corrected chi connectivity index (χ1v) is 9.30. The Bertz CT molecular complexity index is 1130. The average Bonchev–Trinajstić information content (AvgIpc) is 3.12. The van der Waals surface area contributed by atoms with Gasteiger partial charge in [0.25, 0.3) is 0 Å². The van der Waals surface area contributed by atoms with Gasteiger partial charge in [-0.05, 0) is 35.7 Å². The molecule has 29 heavy (non-hydrogen) atoms. The molecule has 2 aromatic carbocycles. The van der Waals surface area contributed by atoms with E-state index in [4.69, 9.17) is 0 Å². The molecule has 0 fully saturated rings. The van der Waals surface area contributed by atoms with Gasteiger partial charge in [0.15, 0.2) is 5.65 Å². The third-order valence-corrected chi connectivity index (χ3v) is 5.11. The molecule has 148 valence electrons. The largest absolute Gasteiger partial charge is 0.416 e. The van der Waals surface area contributed by atoms with Crippen LogP contribution in [0.5, 0.6) is 0 Å². The van der Waals surface area contributed by atoms with Crippen LogP contribution >= 0.6 is 0 Å². The van der Waals surface area contributed by atoms with Crippen molar-refractivity contribution in [2.24, 2.45) is 0 Å². The summed E-state index contributed by atoms with van der Waals surface area (Å²) in [6.45, 7) is 4.29. The molecule has 2 aromatic heterocycles. The molecule has 2 heterocycles. The zero-order valence-corrected chi connectivity index (χ0v) is 16.1. The summed E-state index contributed by atoms with van der Waals surface area (Å²) >= 11 is 0.